The number of hydrogen-bond acceptors (Lipinski definition) is 1. The molecular formula is C20H38O2. The van der Waals surface area contributed by atoms with Crippen LogP contribution in [0.5, 0.6) is 0 Å². The van der Waals surface area contributed by atoms with Crippen molar-refractivity contribution in [2.45, 2.75) is 110 Å². The molecule has 0 aliphatic carbocycles. The van der Waals surface area contributed by atoms with Gasteiger partial charge in [0.15, 0.2) is 0 Å². The van der Waals surface area contributed by atoms with Gasteiger partial charge in [0.25, 0.3) is 0 Å². The highest BCUT2D eigenvalue weighted by Gasteiger charge is 1.98. The highest BCUT2D eigenvalue weighted by Crippen LogP contribution is 2.13. The summed E-state index contributed by atoms with van der Waals surface area (Å²) in [6.45, 7) is 3.94. The van der Waals surface area contributed by atoms with Crippen LogP contribution in [0.3, 0.4) is 0 Å². The molecule has 0 aromatic carbocycles. The zero-order chi connectivity index (χ0) is 16.5. The van der Waals surface area contributed by atoms with E-state index in [1.54, 1.807) is 6.92 Å². The van der Waals surface area contributed by atoms with Gasteiger partial charge in [0.05, 0.1) is 0 Å². The average Bonchev–Trinajstić information content (AvgIpc) is 2.50. The molecule has 0 aliphatic rings. The lowest BCUT2D eigenvalue weighted by atomic mass is 10.0. The number of aliphatic carboxylic acids is 1. The summed E-state index contributed by atoms with van der Waals surface area (Å²) in [5.74, 6) is -0.787. The number of hydrogen-bond donors (Lipinski definition) is 1. The summed E-state index contributed by atoms with van der Waals surface area (Å²) in [6, 6.07) is 0. The second-order valence-electron chi connectivity index (χ2n) is 6.58. The minimum absolute atomic E-state index is 0.481. The number of carboxylic acids is 1. The molecule has 2 nitrogen and oxygen atoms in total. The summed E-state index contributed by atoms with van der Waals surface area (Å²) in [4.78, 5) is 10.6. The quantitative estimate of drug-likeness (QED) is 0.249. The van der Waals surface area contributed by atoms with Crippen molar-refractivity contribution in [1.29, 1.82) is 0 Å². The standard InChI is InChI=1S/C20H38O2/c1-3-4-5-6-7-8-9-10-11-12-13-14-15-16-17-18-19(2)20(21)22/h18H,3-17H2,1-2H3,(H,21,22). The summed E-state index contributed by atoms with van der Waals surface area (Å²) in [5.41, 5.74) is 0.481. The van der Waals surface area contributed by atoms with Gasteiger partial charge < -0.3 is 5.11 Å². The highest BCUT2D eigenvalue weighted by atomic mass is 16.4. The average molecular weight is 311 g/mol. The molecule has 22 heavy (non-hydrogen) atoms. The van der Waals surface area contributed by atoms with E-state index < -0.39 is 5.97 Å². The fourth-order valence-electron chi connectivity index (χ4n) is 2.74. The van der Waals surface area contributed by atoms with Crippen molar-refractivity contribution in [3.8, 4) is 0 Å². The molecule has 0 radical (unpaired) electrons. The maximum Gasteiger partial charge on any atom is 0.330 e. The predicted octanol–water partition coefficient (Wildman–Crippen LogP) is 6.89. The highest BCUT2D eigenvalue weighted by molar-refractivity contribution is 5.85. The van der Waals surface area contributed by atoms with Crippen LogP contribution in [0.25, 0.3) is 0 Å². The van der Waals surface area contributed by atoms with Crippen LogP contribution in [0.1, 0.15) is 110 Å². The monoisotopic (exact) mass is 310 g/mol. The first-order chi connectivity index (χ1) is 10.7. The summed E-state index contributed by atoms with van der Waals surface area (Å²) in [5, 5.41) is 8.73. The molecule has 0 unspecified atom stereocenters. The Kier molecular flexibility index (Phi) is 16.0. The molecule has 0 aromatic rings. The lowest BCUT2D eigenvalue weighted by Gasteiger charge is -2.03. The third-order valence-corrected chi connectivity index (χ3v) is 4.35. The number of carboxylic acid groups (broad SMARTS) is 1. The Balaban J connectivity index is 3.12. The predicted molar refractivity (Wildman–Crippen MR) is 96.3 cm³/mol. The van der Waals surface area contributed by atoms with Gasteiger partial charge in [-0.3, -0.25) is 0 Å². The molecule has 0 spiro atoms. The fraction of sp³-hybridized carbons (Fsp3) is 0.850. The first-order valence-electron chi connectivity index (χ1n) is 9.58. The van der Waals surface area contributed by atoms with Crippen molar-refractivity contribution in [1.82, 2.24) is 0 Å². The Hall–Kier alpha value is -0.790. The van der Waals surface area contributed by atoms with Crippen molar-refractivity contribution in [2.24, 2.45) is 0 Å². The molecule has 0 saturated carbocycles. The van der Waals surface area contributed by atoms with E-state index in [1.165, 1.54) is 83.5 Å². The third-order valence-electron chi connectivity index (χ3n) is 4.35. The number of carbonyl (C=O) groups is 1. The number of unbranched alkanes of at least 4 members (excludes halogenated alkanes) is 14. The summed E-state index contributed by atoms with van der Waals surface area (Å²) in [6.07, 6.45) is 21.9. The van der Waals surface area contributed by atoms with Crippen LogP contribution >= 0.6 is 0 Å². The topological polar surface area (TPSA) is 37.3 Å². The number of rotatable bonds is 16. The van der Waals surface area contributed by atoms with E-state index in [9.17, 15) is 4.79 Å². The van der Waals surface area contributed by atoms with Crippen molar-refractivity contribution in [3.63, 3.8) is 0 Å². The van der Waals surface area contributed by atoms with Gasteiger partial charge in [-0.25, -0.2) is 4.79 Å². The van der Waals surface area contributed by atoms with Crippen LogP contribution in [0.4, 0.5) is 0 Å². The van der Waals surface area contributed by atoms with E-state index in [2.05, 4.69) is 6.92 Å². The Labute approximate surface area is 138 Å². The first-order valence-corrected chi connectivity index (χ1v) is 9.58. The van der Waals surface area contributed by atoms with Gasteiger partial charge in [-0.05, 0) is 19.8 Å². The number of allylic oxidation sites excluding steroid dienone is 1. The van der Waals surface area contributed by atoms with Crippen LogP contribution in [0.2, 0.25) is 0 Å². The normalized spacial score (nSPS) is 11.8. The molecule has 0 bridgehead atoms. The molecule has 0 aromatic heterocycles. The van der Waals surface area contributed by atoms with Gasteiger partial charge in [0.1, 0.15) is 0 Å². The van der Waals surface area contributed by atoms with E-state index in [0.29, 0.717) is 5.57 Å². The molecular weight excluding hydrogens is 272 g/mol. The minimum Gasteiger partial charge on any atom is -0.478 e. The molecule has 2 heteroatoms. The summed E-state index contributed by atoms with van der Waals surface area (Å²) >= 11 is 0. The molecule has 0 atom stereocenters. The largest absolute Gasteiger partial charge is 0.478 e. The molecule has 0 rings (SSSR count). The van der Waals surface area contributed by atoms with E-state index >= 15 is 0 Å². The van der Waals surface area contributed by atoms with E-state index in [4.69, 9.17) is 5.11 Å². The van der Waals surface area contributed by atoms with Crippen LogP contribution in [0.15, 0.2) is 11.6 Å². The summed E-state index contributed by atoms with van der Waals surface area (Å²) < 4.78 is 0. The second kappa shape index (κ2) is 16.6. The molecule has 0 saturated heterocycles. The molecule has 130 valence electrons. The van der Waals surface area contributed by atoms with Crippen LogP contribution < -0.4 is 0 Å². The zero-order valence-electron chi connectivity index (χ0n) is 15.0. The Morgan fingerprint density at radius 2 is 1.09 bits per heavy atom. The third kappa shape index (κ3) is 15.6. The van der Waals surface area contributed by atoms with Gasteiger partial charge in [-0.15, -0.1) is 0 Å². The van der Waals surface area contributed by atoms with Gasteiger partial charge in [-0.2, -0.15) is 0 Å². The Bertz CT molecular complexity index is 281. The van der Waals surface area contributed by atoms with E-state index in [-0.39, 0.29) is 0 Å². The SMILES string of the molecule is CCCCCCCCCCCCCCCCC=C(C)C(=O)O. The van der Waals surface area contributed by atoms with Gasteiger partial charge >= 0.3 is 5.97 Å². The van der Waals surface area contributed by atoms with Crippen molar-refractivity contribution < 1.29 is 9.90 Å². The molecule has 1 N–H and O–H groups in total. The fourth-order valence-corrected chi connectivity index (χ4v) is 2.74. The minimum atomic E-state index is -0.787. The van der Waals surface area contributed by atoms with Crippen molar-refractivity contribution in [3.05, 3.63) is 11.6 Å². The Morgan fingerprint density at radius 3 is 1.45 bits per heavy atom. The van der Waals surface area contributed by atoms with Crippen LogP contribution in [0, 0.1) is 0 Å². The maximum absolute atomic E-state index is 10.6. The van der Waals surface area contributed by atoms with Gasteiger partial charge in [0, 0.05) is 5.57 Å². The summed E-state index contributed by atoms with van der Waals surface area (Å²) in [7, 11) is 0. The lowest BCUT2D eigenvalue weighted by molar-refractivity contribution is -0.132. The lowest BCUT2D eigenvalue weighted by Crippen LogP contribution is -1.95. The first kappa shape index (κ1) is 21.2. The van der Waals surface area contributed by atoms with E-state index in [1.807, 2.05) is 6.08 Å². The van der Waals surface area contributed by atoms with Gasteiger partial charge in [0.2, 0.25) is 0 Å². The zero-order valence-corrected chi connectivity index (χ0v) is 15.0. The van der Waals surface area contributed by atoms with E-state index in [0.717, 1.165) is 12.8 Å². The smallest absolute Gasteiger partial charge is 0.330 e. The van der Waals surface area contributed by atoms with Crippen molar-refractivity contribution in [2.75, 3.05) is 0 Å². The van der Waals surface area contributed by atoms with Gasteiger partial charge in [-0.1, -0.05) is 96.5 Å². The molecule has 0 fully saturated rings. The maximum atomic E-state index is 10.6. The molecule has 0 aliphatic heterocycles. The van der Waals surface area contributed by atoms with Crippen LogP contribution in [-0.4, -0.2) is 11.1 Å². The van der Waals surface area contributed by atoms with Crippen LogP contribution in [-0.2, 0) is 4.79 Å². The van der Waals surface area contributed by atoms with Crippen molar-refractivity contribution >= 4 is 5.97 Å². The molecule has 0 heterocycles. The molecule has 0 amide bonds. The Morgan fingerprint density at radius 1 is 0.727 bits per heavy atom. The second-order valence-corrected chi connectivity index (χ2v) is 6.58.